The highest BCUT2D eigenvalue weighted by atomic mass is 16.5. The molecule has 0 bridgehead atoms. The number of piperidine rings is 1. The van der Waals surface area contributed by atoms with Crippen LogP contribution in [0.5, 0.6) is 0 Å². The molecule has 31 heavy (non-hydrogen) atoms. The molecule has 1 N–H and O–H groups in total. The quantitative estimate of drug-likeness (QED) is 0.650. The number of ether oxygens (including phenoxy) is 1. The zero-order chi connectivity index (χ0) is 22.0. The van der Waals surface area contributed by atoms with E-state index in [0.717, 1.165) is 64.7 Å². The first-order chi connectivity index (χ1) is 15.0. The lowest BCUT2D eigenvalue weighted by molar-refractivity contribution is -0.133. The Morgan fingerprint density at radius 2 is 1.84 bits per heavy atom. The minimum Gasteiger partial charge on any atom is -0.383 e. The normalized spacial score (nSPS) is 34.0. The summed E-state index contributed by atoms with van der Waals surface area (Å²) in [4.78, 5) is 35.3. The van der Waals surface area contributed by atoms with Crippen LogP contribution in [0, 0.1) is 0 Å². The molecule has 4 saturated heterocycles. The molecule has 0 aromatic carbocycles. The Kier molecular flexibility index (Phi) is 7.52. The van der Waals surface area contributed by atoms with Crippen molar-refractivity contribution in [1.82, 2.24) is 24.9 Å². The highest BCUT2D eigenvalue weighted by Crippen LogP contribution is 2.31. The van der Waals surface area contributed by atoms with E-state index in [-0.39, 0.29) is 36.0 Å². The molecular formula is C23H41N5O3. The number of nitrogens with zero attached hydrogens (tertiary/aromatic N) is 4. The van der Waals surface area contributed by atoms with Crippen molar-refractivity contribution in [3.8, 4) is 0 Å². The van der Waals surface area contributed by atoms with E-state index < -0.39 is 0 Å². The van der Waals surface area contributed by atoms with Crippen molar-refractivity contribution < 1.29 is 14.3 Å². The molecule has 0 radical (unpaired) electrons. The minimum atomic E-state index is -0.0521. The highest BCUT2D eigenvalue weighted by Gasteiger charge is 2.47. The molecule has 0 aromatic rings. The molecule has 176 valence electrons. The van der Waals surface area contributed by atoms with Crippen molar-refractivity contribution in [2.45, 2.75) is 75.2 Å². The van der Waals surface area contributed by atoms with Crippen LogP contribution in [-0.2, 0) is 14.3 Å². The molecule has 4 aliphatic heterocycles. The van der Waals surface area contributed by atoms with Gasteiger partial charge in [-0.3, -0.25) is 19.4 Å². The maximum Gasteiger partial charge on any atom is 0.239 e. The Balaban J connectivity index is 1.35. The number of fused-ring (bicyclic) bond motifs is 1. The number of hydrogen-bond donors (Lipinski definition) is 1. The topological polar surface area (TPSA) is 68.4 Å². The number of amides is 2. The van der Waals surface area contributed by atoms with E-state index in [4.69, 9.17) is 4.74 Å². The van der Waals surface area contributed by atoms with Crippen LogP contribution in [0.2, 0.25) is 0 Å². The SMILES string of the molecule is COC[C@H]1CCCN1C(=O)CC[C@H]1CNC(=O)[C@@H]2[C@@H](CCN2C2CCN(C)CC2)N1C. The summed E-state index contributed by atoms with van der Waals surface area (Å²) in [7, 11) is 6.05. The molecule has 4 fully saturated rings. The summed E-state index contributed by atoms with van der Waals surface area (Å²) >= 11 is 0. The number of methoxy groups -OCH3 is 1. The van der Waals surface area contributed by atoms with Gasteiger partial charge in [0, 0.05) is 51.3 Å². The summed E-state index contributed by atoms with van der Waals surface area (Å²) in [6.07, 6.45) is 6.77. The molecule has 8 nitrogen and oxygen atoms in total. The van der Waals surface area contributed by atoms with Gasteiger partial charge in [-0.1, -0.05) is 0 Å². The van der Waals surface area contributed by atoms with Gasteiger partial charge in [0.2, 0.25) is 11.8 Å². The number of carbonyl (C=O) groups is 2. The largest absolute Gasteiger partial charge is 0.383 e. The van der Waals surface area contributed by atoms with Crippen molar-refractivity contribution in [2.75, 3.05) is 60.5 Å². The van der Waals surface area contributed by atoms with Crippen molar-refractivity contribution >= 4 is 11.8 Å². The molecule has 4 heterocycles. The third-order valence-electron chi connectivity index (χ3n) is 8.19. The zero-order valence-electron chi connectivity index (χ0n) is 19.6. The van der Waals surface area contributed by atoms with Crippen molar-refractivity contribution in [3.05, 3.63) is 0 Å². The zero-order valence-corrected chi connectivity index (χ0v) is 19.6. The number of likely N-dealkylation sites (N-methyl/N-ethyl adjacent to an activating group) is 1. The molecule has 4 atom stereocenters. The Morgan fingerprint density at radius 1 is 1.06 bits per heavy atom. The van der Waals surface area contributed by atoms with Gasteiger partial charge >= 0.3 is 0 Å². The van der Waals surface area contributed by atoms with E-state index >= 15 is 0 Å². The van der Waals surface area contributed by atoms with E-state index in [1.807, 2.05) is 4.90 Å². The third-order valence-corrected chi connectivity index (χ3v) is 8.19. The van der Waals surface area contributed by atoms with Gasteiger partial charge in [-0.25, -0.2) is 0 Å². The number of carbonyl (C=O) groups excluding carboxylic acids is 2. The summed E-state index contributed by atoms with van der Waals surface area (Å²) in [5.41, 5.74) is 0. The van der Waals surface area contributed by atoms with E-state index in [2.05, 4.69) is 34.1 Å². The summed E-state index contributed by atoms with van der Waals surface area (Å²) < 4.78 is 5.30. The van der Waals surface area contributed by atoms with E-state index in [1.54, 1.807) is 7.11 Å². The highest BCUT2D eigenvalue weighted by molar-refractivity contribution is 5.83. The Bertz CT molecular complexity index is 639. The van der Waals surface area contributed by atoms with Gasteiger partial charge in [0.05, 0.1) is 12.6 Å². The predicted molar refractivity (Wildman–Crippen MR) is 120 cm³/mol. The fourth-order valence-corrected chi connectivity index (χ4v) is 6.29. The van der Waals surface area contributed by atoms with Gasteiger partial charge in [-0.15, -0.1) is 0 Å². The fraction of sp³-hybridized carbons (Fsp3) is 0.913. The van der Waals surface area contributed by atoms with Crippen LogP contribution in [0.25, 0.3) is 0 Å². The molecule has 0 unspecified atom stereocenters. The molecule has 8 heteroatoms. The van der Waals surface area contributed by atoms with Gasteiger partial charge < -0.3 is 19.9 Å². The lowest BCUT2D eigenvalue weighted by Gasteiger charge is -2.39. The number of rotatable bonds is 6. The Morgan fingerprint density at radius 3 is 2.58 bits per heavy atom. The number of hydrogen-bond acceptors (Lipinski definition) is 6. The smallest absolute Gasteiger partial charge is 0.239 e. The van der Waals surface area contributed by atoms with Crippen molar-refractivity contribution in [2.24, 2.45) is 0 Å². The average Bonchev–Trinajstić information content (AvgIpc) is 3.39. The Labute approximate surface area is 187 Å². The van der Waals surface area contributed by atoms with Gasteiger partial charge in [0.1, 0.15) is 6.04 Å². The standard InChI is InChI=1S/C23H41N5O3/c1-25-12-8-17(9-13-25)28-14-10-20-22(28)23(30)24-15-18(26(20)2)6-7-21(29)27-11-4-5-19(27)16-31-3/h17-20,22H,4-16H2,1-3H3,(H,24,30)/t18-,19+,20+,22-/m0/s1. The van der Waals surface area contributed by atoms with Crippen LogP contribution >= 0.6 is 0 Å². The third kappa shape index (κ3) is 4.92. The molecular weight excluding hydrogens is 394 g/mol. The molecule has 0 aromatic heterocycles. The van der Waals surface area contributed by atoms with Crippen LogP contribution < -0.4 is 5.32 Å². The molecule has 0 saturated carbocycles. The van der Waals surface area contributed by atoms with Crippen molar-refractivity contribution in [1.29, 1.82) is 0 Å². The van der Waals surface area contributed by atoms with Crippen LogP contribution in [0.3, 0.4) is 0 Å². The fourth-order valence-electron chi connectivity index (χ4n) is 6.29. The first kappa shape index (κ1) is 23.0. The van der Waals surface area contributed by atoms with Crippen LogP contribution in [0.4, 0.5) is 0 Å². The van der Waals surface area contributed by atoms with Crippen LogP contribution in [0.15, 0.2) is 0 Å². The van der Waals surface area contributed by atoms with E-state index in [0.29, 0.717) is 25.6 Å². The molecule has 0 spiro atoms. The van der Waals surface area contributed by atoms with Gasteiger partial charge in [0.25, 0.3) is 0 Å². The molecule has 4 aliphatic rings. The second-order valence-corrected chi connectivity index (χ2v) is 10.0. The summed E-state index contributed by atoms with van der Waals surface area (Å²) in [5.74, 6) is 0.418. The summed E-state index contributed by atoms with van der Waals surface area (Å²) in [5, 5.41) is 3.22. The predicted octanol–water partition coefficient (Wildman–Crippen LogP) is 0.371. The first-order valence-electron chi connectivity index (χ1n) is 12.2. The van der Waals surface area contributed by atoms with Crippen molar-refractivity contribution in [3.63, 3.8) is 0 Å². The number of nitrogens with one attached hydrogen (secondary N) is 1. The molecule has 2 amide bonds. The van der Waals surface area contributed by atoms with E-state index in [1.165, 1.54) is 0 Å². The first-order valence-corrected chi connectivity index (χ1v) is 12.2. The summed E-state index contributed by atoms with van der Waals surface area (Å²) in [6.45, 7) is 5.34. The average molecular weight is 436 g/mol. The molecule has 4 rings (SSSR count). The second-order valence-electron chi connectivity index (χ2n) is 10.0. The molecule has 0 aliphatic carbocycles. The lowest BCUT2D eigenvalue weighted by Crippen LogP contribution is -2.54. The second kappa shape index (κ2) is 10.1. The van der Waals surface area contributed by atoms with Gasteiger partial charge in [-0.05, 0) is 65.7 Å². The minimum absolute atomic E-state index is 0.0521. The van der Waals surface area contributed by atoms with Crippen LogP contribution in [-0.4, -0.2) is 122 Å². The van der Waals surface area contributed by atoms with Gasteiger partial charge in [0.15, 0.2) is 0 Å². The maximum absolute atomic E-state index is 13.1. The maximum atomic E-state index is 13.1. The monoisotopic (exact) mass is 435 g/mol. The van der Waals surface area contributed by atoms with Crippen LogP contribution in [0.1, 0.15) is 44.9 Å². The number of likely N-dealkylation sites (tertiary alicyclic amines) is 3. The summed E-state index contributed by atoms with van der Waals surface area (Å²) in [6, 6.07) is 1.14. The Hall–Kier alpha value is -1.22. The van der Waals surface area contributed by atoms with Gasteiger partial charge in [-0.2, -0.15) is 0 Å². The van der Waals surface area contributed by atoms with E-state index in [9.17, 15) is 9.59 Å². The lowest BCUT2D eigenvalue weighted by atomic mass is 10.0.